The first-order valence-corrected chi connectivity index (χ1v) is 8.04. The molecule has 0 saturated heterocycles. The summed E-state index contributed by atoms with van der Waals surface area (Å²) in [6.07, 6.45) is -6.49. The van der Waals surface area contributed by atoms with E-state index < -0.39 is 23.8 Å². The number of benzene rings is 1. The van der Waals surface area contributed by atoms with E-state index in [2.05, 4.69) is 15.1 Å². The predicted octanol–water partition coefficient (Wildman–Crippen LogP) is 3.85. The third kappa shape index (κ3) is 3.93. The Kier molecular flexibility index (Phi) is 5.16. The summed E-state index contributed by atoms with van der Waals surface area (Å²) in [6.45, 7) is 0. The van der Waals surface area contributed by atoms with Gasteiger partial charge in [0.15, 0.2) is 11.9 Å². The first-order chi connectivity index (χ1) is 12.7. The molecule has 1 atom stereocenters. The molecule has 2 aromatic rings. The fourth-order valence-electron chi connectivity index (χ4n) is 2.75. The monoisotopic (exact) mass is 401 g/mol. The van der Waals surface area contributed by atoms with E-state index in [4.69, 9.17) is 11.6 Å². The Morgan fingerprint density at radius 1 is 1.30 bits per heavy atom. The highest BCUT2D eigenvalue weighted by atomic mass is 35.5. The smallest absolute Gasteiger partial charge is 0.411 e. The summed E-state index contributed by atoms with van der Waals surface area (Å²) in [7, 11) is 0. The normalized spacial score (nSPS) is 15.5. The van der Waals surface area contributed by atoms with Gasteiger partial charge in [-0.1, -0.05) is 22.8 Å². The largest absolute Gasteiger partial charge is 0.419 e. The molecule has 0 spiro atoms. The van der Waals surface area contributed by atoms with Gasteiger partial charge in [-0.3, -0.25) is 0 Å². The molecule has 3 rings (SSSR count). The van der Waals surface area contributed by atoms with E-state index in [0.717, 1.165) is 6.07 Å². The molecule has 0 aliphatic carbocycles. The van der Waals surface area contributed by atoms with Crippen LogP contribution in [0.15, 0.2) is 40.6 Å². The summed E-state index contributed by atoms with van der Waals surface area (Å²) in [4.78, 5) is 7.67. The number of rotatable bonds is 4. The zero-order valence-electron chi connectivity index (χ0n) is 13.5. The standard InChI is InChI=1S/C17H12ClF4N3O2/c18-11-5-8(1-2-12(11)19)6-13(25-27)9-3-4-23-16-10(9)7-14(24-16)15(26)17(20,21)22/h1-5,15,26-27H,6-7H2/b25-13+. The number of halogens is 5. The molecule has 0 fully saturated rings. The van der Waals surface area contributed by atoms with Crippen LogP contribution in [0.4, 0.5) is 23.4 Å². The number of hydrogen-bond donors (Lipinski definition) is 2. The molecule has 0 radical (unpaired) electrons. The molecule has 142 valence electrons. The van der Waals surface area contributed by atoms with Crippen LogP contribution >= 0.6 is 11.6 Å². The van der Waals surface area contributed by atoms with E-state index in [1.807, 2.05) is 0 Å². The number of hydrogen-bond acceptors (Lipinski definition) is 5. The Bertz CT molecular complexity index is 944. The van der Waals surface area contributed by atoms with Gasteiger partial charge in [0.25, 0.3) is 0 Å². The zero-order valence-corrected chi connectivity index (χ0v) is 14.3. The van der Waals surface area contributed by atoms with Crippen LogP contribution in [0.3, 0.4) is 0 Å². The van der Waals surface area contributed by atoms with Crippen LogP contribution < -0.4 is 0 Å². The van der Waals surface area contributed by atoms with Gasteiger partial charge in [-0.15, -0.1) is 0 Å². The van der Waals surface area contributed by atoms with Crippen LogP contribution in [0.2, 0.25) is 5.02 Å². The lowest BCUT2D eigenvalue weighted by molar-refractivity contribution is -0.181. The van der Waals surface area contributed by atoms with Crippen LogP contribution in [0.25, 0.3) is 0 Å². The van der Waals surface area contributed by atoms with E-state index in [1.165, 1.54) is 24.4 Å². The van der Waals surface area contributed by atoms with Crippen LogP contribution in [0.5, 0.6) is 0 Å². The van der Waals surface area contributed by atoms with Crippen molar-refractivity contribution >= 4 is 28.8 Å². The van der Waals surface area contributed by atoms with Crippen LogP contribution in [0, 0.1) is 5.82 Å². The van der Waals surface area contributed by atoms with Crippen LogP contribution in [-0.2, 0) is 12.8 Å². The number of aliphatic hydroxyl groups is 1. The van der Waals surface area contributed by atoms with E-state index in [1.54, 1.807) is 0 Å². The van der Waals surface area contributed by atoms with Crippen LogP contribution in [-0.4, -0.2) is 39.0 Å². The zero-order chi connectivity index (χ0) is 19.8. The maximum absolute atomic E-state index is 13.3. The third-order valence-electron chi connectivity index (χ3n) is 4.05. The number of pyridine rings is 1. The fourth-order valence-corrected chi connectivity index (χ4v) is 2.96. The maximum Gasteiger partial charge on any atom is 0.419 e. The lowest BCUT2D eigenvalue weighted by atomic mass is 9.96. The van der Waals surface area contributed by atoms with Gasteiger partial charge in [0.2, 0.25) is 0 Å². The van der Waals surface area contributed by atoms with Gasteiger partial charge in [0.05, 0.1) is 16.4 Å². The molecule has 1 aromatic carbocycles. The van der Waals surface area contributed by atoms with Gasteiger partial charge in [-0.2, -0.15) is 13.2 Å². The van der Waals surface area contributed by atoms with Gasteiger partial charge in [0.1, 0.15) is 5.82 Å². The second-order valence-corrected chi connectivity index (χ2v) is 6.26. The Labute approximate surface area is 155 Å². The van der Waals surface area contributed by atoms with E-state index >= 15 is 0 Å². The molecule has 0 bridgehead atoms. The quantitative estimate of drug-likeness (QED) is 0.353. The van der Waals surface area contributed by atoms with E-state index in [0.29, 0.717) is 16.7 Å². The van der Waals surface area contributed by atoms with Gasteiger partial charge in [-0.05, 0) is 23.8 Å². The molecule has 27 heavy (non-hydrogen) atoms. The van der Waals surface area contributed by atoms with Crippen molar-refractivity contribution in [3.05, 3.63) is 58.0 Å². The number of fused-ring (bicyclic) bond motifs is 1. The summed E-state index contributed by atoms with van der Waals surface area (Å²) >= 11 is 5.74. The molecular weight excluding hydrogens is 390 g/mol. The minimum absolute atomic E-state index is 0.0177. The average Bonchev–Trinajstić information content (AvgIpc) is 3.05. The molecule has 2 N–H and O–H groups in total. The number of aliphatic hydroxyl groups excluding tert-OH is 1. The highest BCUT2D eigenvalue weighted by molar-refractivity contribution is 6.30. The number of nitrogens with zero attached hydrogens (tertiary/aromatic N) is 3. The molecule has 0 saturated carbocycles. The molecular formula is C17H12ClF4N3O2. The Morgan fingerprint density at radius 2 is 2.04 bits per heavy atom. The van der Waals surface area contributed by atoms with Gasteiger partial charge in [-0.25, -0.2) is 14.4 Å². The number of aliphatic imine (C=N–C) groups is 1. The van der Waals surface area contributed by atoms with Crippen molar-refractivity contribution in [2.45, 2.75) is 25.1 Å². The molecule has 1 unspecified atom stereocenters. The number of oxime groups is 1. The predicted molar refractivity (Wildman–Crippen MR) is 90.5 cm³/mol. The topological polar surface area (TPSA) is 78.1 Å². The van der Waals surface area contributed by atoms with Crippen molar-refractivity contribution in [2.24, 2.45) is 10.1 Å². The lowest BCUT2D eigenvalue weighted by Crippen LogP contribution is -2.36. The maximum atomic E-state index is 13.3. The molecule has 10 heteroatoms. The fraction of sp³-hybridized carbons (Fsp3) is 0.235. The first kappa shape index (κ1) is 19.2. The highest BCUT2D eigenvalue weighted by Gasteiger charge is 2.43. The third-order valence-corrected chi connectivity index (χ3v) is 4.34. The Hall–Kier alpha value is -2.52. The SMILES string of the molecule is O/N=C(\Cc1ccc(F)c(Cl)c1)c1ccnc2c1CC(C(O)C(F)(F)F)=N2. The van der Waals surface area contributed by atoms with Crippen molar-refractivity contribution in [3.63, 3.8) is 0 Å². The van der Waals surface area contributed by atoms with E-state index in [-0.39, 0.29) is 29.4 Å². The second-order valence-electron chi connectivity index (χ2n) is 5.86. The van der Waals surface area contributed by atoms with Crippen molar-refractivity contribution in [1.29, 1.82) is 0 Å². The Balaban J connectivity index is 1.90. The summed E-state index contributed by atoms with van der Waals surface area (Å²) in [5, 5.41) is 21.9. The van der Waals surface area contributed by atoms with Crippen LogP contribution in [0.1, 0.15) is 16.7 Å². The molecule has 0 amide bonds. The van der Waals surface area contributed by atoms with Crippen molar-refractivity contribution in [1.82, 2.24) is 4.98 Å². The van der Waals surface area contributed by atoms with Crippen molar-refractivity contribution in [2.75, 3.05) is 0 Å². The Morgan fingerprint density at radius 3 is 2.67 bits per heavy atom. The van der Waals surface area contributed by atoms with Gasteiger partial charge >= 0.3 is 6.18 Å². The lowest BCUT2D eigenvalue weighted by Gasteiger charge is -2.14. The molecule has 1 aliphatic rings. The van der Waals surface area contributed by atoms with Gasteiger partial charge in [0, 0.05) is 30.2 Å². The average molecular weight is 402 g/mol. The second kappa shape index (κ2) is 7.24. The number of alkyl halides is 3. The molecule has 1 aliphatic heterocycles. The summed E-state index contributed by atoms with van der Waals surface area (Å²) in [5.74, 6) is -0.587. The summed E-state index contributed by atoms with van der Waals surface area (Å²) < 4.78 is 51.5. The van der Waals surface area contributed by atoms with Crippen molar-refractivity contribution < 1.29 is 27.9 Å². The molecule has 5 nitrogen and oxygen atoms in total. The minimum atomic E-state index is -4.85. The van der Waals surface area contributed by atoms with Crippen molar-refractivity contribution in [3.8, 4) is 0 Å². The van der Waals surface area contributed by atoms with Gasteiger partial charge < -0.3 is 10.3 Å². The number of aromatic nitrogens is 1. The minimum Gasteiger partial charge on any atom is -0.411 e. The molecule has 1 aromatic heterocycles. The summed E-state index contributed by atoms with van der Waals surface area (Å²) in [5.41, 5.74) is 0.802. The summed E-state index contributed by atoms with van der Waals surface area (Å²) in [6, 6.07) is 5.43. The molecule has 2 heterocycles. The highest BCUT2D eigenvalue weighted by Crippen LogP contribution is 2.33. The first-order valence-electron chi connectivity index (χ1n) is 7.66. The van der Waals surface area contributed by atoms with E-state index in [9.17, 15) is 27.9 Å².